The van der Waals surface area contributed by atoms with Crippen molar-refractivity contribution < 1.29 is 12.8 Å². The molecule has 21 heavy (non-hydrogen) atoms. The zero-order valence-corrected chi connectivity index (χ0v) is 12.6. The molecule has 5 nitrogen and oxygen atoms in total. The minimum absolute atomic E-state index is 0.0861. The summed E-state index contributed by atoms with van der Waals surface area (Å²) in [6.45, 7) is -0.215. The van der Waals surface area contributed by atoms with Gasteiger partial charge < -0.3 is 4.98 Å². The lowest BCUT2D eigenvalue weighted by atomic mass is 10.2. The lowest BCUT2D eigenvalue weighted by molar-refractivity contribution is 0.456. The van der Waals surface area contributed by atoms with Crippen molar-refractivity contribution in [3.8, 4) is 0 Å². The van der Waals surface area contributed by atoms with Crippen LogP contribution in [0.5, 0.6) is 0 Å². The number of pyridine rings is 1. The first-order valence-electron chi connectivity index (χ1n) is 5.90. The highest BCUT2D eigenvalue weighted by atomic mass is 35.5. The first-order chi connectivity index (χ1) is 9.82. The molecule has 1 N–H and O–H groups in total. The van der Waals surface area contributed by atoms with E-state index < -0.39 is 21.4 Å². The molecular formula is C13H12ClFN2O3S. The average Bonchev–Trinajstić information content (AvgIpc) is 2.43. The van der Waals surface area contributed by atoms with Crippen molar-refractivity contribution in [2.24, 2.45) is 0 Å². The van der Waals surface area contributed by atoms with Crippen LogP contribution in [0.25, 0.3) is 0 Å². The predicted molar refractivity (Wildman–Crippen MR) is 77.1 cm³/mol. The number of H-pyrrole nitrogens is 1. The van der Waals surface area contributed by atoms with E-state index in [0.29, 0.717) is 0 Å². The van der Waals surface area contributed by atoms with Gasteiger partial charge in [-0.25, -0.2) is 12.8 Å². The highest BCUT2D eigenvalue weighted by Crippen LogP contribution is 2.23. The molecule has 8 heteroatoms. The number of rotatable bonds is 4. The number of hydrogen-bond donors (Lipinski definition) is 1. The normalized spacial score (nSPS) is 11.8. The molecule has 0 amide bonds. The van der Waals surface area contributed by atoms with Crippen LogP contribution < -0.4 is 5.56 Å². The summed E-state index contributed by atoms with van der Waals surface area (Å²) >= 11 is 5.88. The van der Waals surface area contributed by atoms with Crippen molar-refractivity contribution in [1.82, 2.24) is 9.29 Å². The molecule has 1 aromatic carbocycles. The second-order valence-electron chi connectivity index (χ2n) is 4.35. The van der Waals surface area contributed by atoms with Gasteiger partial charge in [-0.15, -0.1) is 0 Å². The standard InChI is InChI=1S/C13H12ClFN2O3S/c1-17(8-10-11(14)3-2-4-12(10)15)21(19,20)9-5-6-13(18)16-7-9/h2-7H,8H2,1H3,(H,16,18). The van der Waals surface area contributed by atoms with E-state index in [-0.39, 0.29) is 22.0 Å². The van der Waals surface area contributed by atoms with E-state index in [1.807, 2.05) is 0 Å². The maximum absolute atomic E-state index is 13.7. The number of benzene rings is 1. The fourth-order valence-electron chi connectivity index (χ4n) is 1.73. The Labute approximate surface area is 126 Å². The van der Waals surface area contributed by atoms with Crippen LogP contribution in [0.15, 0.2) is 46.2 Å². The number of aromatic amines is 1. The van der Waals surface area contributed by atoms with Gasteiger partial charge in [0, 0.05) is 36.4 Å². The number of nitrogens with zero attached hydrogens (tertiary/aromatic N) is 1. The summed E-state index contributed by atoms with van der Waals surface area (Å²) in [7, 11) is -2.54. The molecule has 0 aliphatic heterocycles. The summed E-state index contributed by atoms with van der Waals surface area (Å²) < 4.78 is 39.3. The van der Waals surface area contributed by atoms with Gasteiger partial charge in [0.1, 0.15) is 5.82 Å². The Morgan fingerprint density at radius 1 is 1.29 bits per heavy atom. The highest BCUT2D eigenvalue weighted by Gasteiger charge is 2.23. The van der Waals surface area contributed by atoms with E-state index in [0.717, 1.165) is 16.6 Å². The summed E-state index contributed by atoms with van der Waals surface area (Å²) in [6.07, 6.45) is 1.09. The third kappa shape index (κ3) is 3.31. The molecule has 0 spiro atoms. The molecule has 0 bridgehead atoms. The molecule has 2 aromatic rings. The van der Waals surface area contributed by atoms with Crippen molar-refractivity contribution in [3.05, 3.63) is 63.3 Å². The highest BCUT2D eigenvalue weighted by molar-refractivity contribution is 7.89. The average molecular weight is 331 g/mol. The third-order valence-electron chi connectivity index (χ3n) is 2.91. The van der Waals surface area contributed by atoms with Gasteiger partial charge in [-0.05, 0) is 18.2 Å². The van der Waals surface area contributed by atoms with Gasteiger partial charge in [0.15, 0.2) is 0 Å². The second kappa shape index (κ2) is 5.97. The summed E-state index contributed by atoms with van der Waals surface area (Å²) in [4.78, 5) is 13.2. The van der Waals surface area contributed by atoms with Gasteiger partial charge in [-0.2, -0.15) is 4.31 Å². The molecule has 0 unspecified atom stereocenters. The number of halogens is 2. The maximum Gasteiger partial charge on any atom is 0.247 e. The van der Waals surface area contributed by atoms with E-state index in [1.54, 1.807) is 0 Å². The molecule has 1 aromatic heterocycles. The number of hydrogen-bond acceptors (Lipinski definition) is 3. The molecule has 1 heterocycles. The van der Waals surface area contributed by atoms with Gasteiger partial charge in [0.2, 0.25) is 15.6 Å². The van der Waals surface area contributed by atoms with Gasteiger partial charge in [0.05, 0.1) is 4.90 Å². The SMILES string of the molecule is CN(Cc1c(F)cccc1Cl)S(=O)(=O)c1ccc(=O)[nH]c1. The Bertz CT molecular complexity index is 780. The van der Waals surface area contributed by atoms with E-state index in [9.17, 15) is 17.6 Å². The zero-order chi connectivity index (χ0) is 15.6. The quantitative estimate of drug-likeness (QED) is 0.932. The molecule has 0 atom stereocenters. The van der Waals surface area contributed by atoms with Crippen molar-refractivity contribution >= 4 is 21.6 Å². The lowest BCUT2D eigenvalue weighted by Crippen LogP contribution is -2.27. The predicted octanol–water partition coefficient (Wildman–Crippen LogP) is 1.99. The Morgan fingerprint density at radius 2 is 2.00 bits per heavy atom. The summed E-state index contributed by atoms with van der Waals surface area (Å²) in [5.41, 5.74) is -0.316. The van der Waals surface area contributed by atoms with Crippen LogP contribution in [-0.2, 0) is 16.6 Å². The van der Waals surface area contributed by atoms with Crippen LogP contribution in [0.4, 0.5) is 4.39 Å². The Hall–Kier alpha value is -1.70. The second-order valence-corrected chi connectivity index (χ2v) is 6.80. The smallest absolute Gasteiger partial charge is 0.247 e. The molecule has 0 aliphatic carbocycles. The van der Waals surface area contributed by atoms with Crippen LogP contribution in [0.2, 0.25) is 5.02 Å². The van der Waals surface area contributed by atoms with Crippen LogP contribution in [0, 0.1) is 5.82 Å². The Kier molecular flexibility index (Phi) is 4.46. The lowest BCUT2D eigenvalue weighted by Gasteiger charge is -2.18. The maximum atomic E-state index is 13.7. The van der Waals surface area contributed by atoms with Crippen LogP contribution in [-0.4, -0.2) is 24.8 Å². The molecular weight excluding hydrogens is 319 g/mol. The Morgan fingerprint density at radius 3 is 2.57 bits per heavy atom. The molecule has 0 saturated heterocycles. The van der Waals surface area contributed by atoms with Crippen molar-refractivity contribution in [3.63, 3.8) is 0 Å². The summed E-state index contributed by atoms with van der Waals surface area (Å²) in [6, 6.07) is 6.43. The zero-order valence-electron chi connectivity index (χ0n) is 11.0. The minimum atomic E-state index is -3.85. The number of sulfonamides is 1. The first-order valence-corrected chi connectivity index (χ1v) is 7.72. The molecule has 0 fully saturated rings. The molecule has 2 rings (SSSR count). The molecule has 112 valence electrons. The van der Waals surface area contributed by atoms with Crippen molar-refractivity contribution in [2.45, 2.75) is 11.4 Å². The minimum Gasteiger partial charge on any atom is -0.328 e. The fraction of sp³-hybridized carbons (Fsp3) is 0.154. The number of nitrogens with one attached hydrogen (secondary N) is 1. The van der Waals surface area contributed by atoms with E-state index >= 15 is 0 Å². The van der Waals surface area contributed by atoms with Gasteiger partial charge >= 0.3 is 0 Å². The van der Waals surface area contributed by atoms with Crippen molar-refractivity contribution in [1.29, 1.82) is 0 Å². The number of aromatic nitrogens is 1. The van der Waals surface area contributed by atoms with E-state index in [1.165, 1.54) is 31.3 Å². The first kappa shape index (κ1) is 15.7. The van der Waals surface area contributed by atoms with E-state index in [4.69, 9.17) is 11.6 Å². The van der Waals surface area contributed by atoms with Gasteiger partial charge in [0.25, 0.3) is 0 Å². The third-order valence-corrected chi connectivity index (χ3v) is 5.06. The van der Waals surface area contributed by atoms with E-state index in [2.05, 4.69) is 4.98 Å². The topological polar surface area (TPSA) is 70.2 Å². The van der Waals surface area contributed by atoms with Gasteiger partial charge in [-0.3, -0.25) is 4.79 Å². The van der Waals surface area contributed by atoms with Crippen molar-refractivity contribution in [2.75, 3.05) is 7.05 Å². The van der Waals surface area contributed by atoms with Crippen LogP contribution in [0.1, 0.15) is 5.56 Å². The Balaban J connectivity index is 2.33. The largest absolute Gasteiger partial charge is 0.328 e. The van der Waals surface area contributed by atoms with Crippen LogP contribution >= 0.6 is 11.6 Å². The fourth-order valence-corrected chi connectivity index (χ4v) is 3.06. The molecule has 0 saturated carbocycles. The molecule has 0 radical (unpaired) electrons. The summed E-state index contributed by atoms with van der Waals surface area (Å²) in [5, 5.41) is 0.151. The van der Waals surface area contributed by atoms with Gasteiger partial charge in [-0.1, -0.05) is 17.7 Å². The van der Waals surface area contributed by atoms with Crippen LogP contribution in [0.3, 0.4) is 0 Å². The summed E-state index contributed by atoms with van der Waals surface area (Å²) in [5.74, 6) is -0.578. The monoisotopic (exact) mass is 330 g/mol. The molecule has 0 aliphatic rings.